The molecule has 0 bridgehead atoms. The Hall–Kier alpha value is -2.01. The summed E-state index contributed by atoms with van der Waals surface area (Å²) in [5, 5.41) is 29.9. The van der Waals surface area contributed by atoms with E-state index in [0.717, 1.165) is 0 Å². The highest BCUT2D eigenvalue weighted by Crippen LogP contribution is 2.33. The minimum Gasteiger partial charge on any atom is -0.479 e. The van der Waals surface area contributed by atoms with Crippen LogP contribution in [0.15, 0.2) is 6.33 Å². The number of hydrogen-bond donors (Lipinski definition) is 4. The molecule has 10 nitrogen and oxygen atoms in total. The summed E-state index contributed by atoms with van der Waals surface area (Å²) in [6, 6.07) is 0. The predicted octanol–water partition coefficient (Wildman–Crippen LogP) is -2.19. The van der Waals surface area contributed by atoms with Gasteiger partial charge in [-0.05, 0) is 0 Å². The zero-order chi connectivity index (χ0) is 15.2. The highest BCUT2D eigenvalue weighted by atomic mass is 16.5. The Labute approximate surface area is 118 Å². The molecule has 0 saturated carbocycles. The molecule has 1 aliphatic rings. The van der Waals surface area contributed by atoms with Crippen molar-refractivity contribution in [2.24, 2.45) is 0 Å². The van der Waals surface area contributed by atoms with Crippen molar-refractivity contribution >= 4 is 17.1 Å². The van der Waals surface area contributed by atoms with Crippen molar-refractivity contribution in [3.8, 4) is 5.88 Å². The third-order valence-electron chi connectivity index (χ3n) is 3.51. The molecule has 114 valence electrons. The fourth-order valence-electron chi connectivity index (χ4n) is 2.38. The number of nitrogen functional groups attached to an aromatic ring is 1. The van der Waals surface area contributed by atoms with Gasteiger partial charge in [-0.3, -0.25) is 4.57 Å². The first-order chi connectivity index (χ1) is 10.0. The smallest absolute Gasteiger partial charge is 0.246 e. The number of ether oxygens (including phenoxy) is 2. The van der Waals surface area contributed by atoms with E-state index < -0.39 is 24.5 Å². The highest BCUT2D eigenvalue weighted by Gasteiger charge is 2.50. The minimum absolute atomic E-state index is 0.0585. The number of methoxy groups -OCH3 is 1. The van der Waals surface area contributed by atoms with Crippen LogP contribution in [0.1, 0.15) is 0 Å². The van der Waals surface area contributed by atoms with Gasteiger partial charge in [0.1, 0.15) is 12.2 Å². The Kier molecular flexibility index (Phi) is 3.17. The van der Waals surface area contributed by atoms with Crippen LogP contribution in [0.2, 0.25) is 0 Å². The third kappa shape index (κ3) is 1.92. The molecule has 0 aliphatic carbocycles. The molecular weight excluding hydrogens is 282 g/mol. The molecule has 3 rings (SSSR count). The predicted molar refractivity (Wildman–Crippen MR) is 69.3 cm³/mol. The zero-order valence-corrected chi connectivity index (χ0v) is 11.2. The van der Waals surface area contributed by atoms with Gasteiger partial charge < -0.3 is 30.5 Å². The third-order valence-corrected chi connectivity index (χ3v) is 3.51. The van der Waals surface area contributed by atoms with Gasteiger partial charge in [0, 0.05) is 0 Å². The molecule has 0 amide bonds. The maximum Gasteiger partial charge on any atom is 0.246 e. The maximum absolute atomic E-state index is 10.7. The maximum atomic E-state index is 10.7. The SMILES string of the molecule is COc1nc(N)nc2c1ncn2C1(O)COC(CO)C1O. The van der Waals surface area contributed by atoms with Crippen molar-refractivity contribution in [2.75, 3.05) is 26.1 Å². The summed E-state index contributed by atoms with van der Waals surface area (Å²) in [5.41, 5.74) is 4.28. The summed E-state index contributed by atoms with van der Waals surface area (Å²) in [4.78, 5) is 12.0. The summed E-state index contributed by atoms with van der Waals surface area (Å²) < 4.78 is 11.5. The lowest BCUT2D eigenvalue weighted by Gasteiger charge is -2.27. The van der Waals surface area contributed by atoms with Gasteiger partial charge in [0.15, 0.2) is 16.9 Å². The van der Waals surface area contributed by atoms with E-state index in [1.807, 2.05) is 0 Å². The normalized spacial score (nSPS) is 29.1. The molecule has 10 heteroatoms. The zero-order valence-electron chi connectivity index (χ0n) is 11.2. The van der Waals surface area contributed by atoms with E-state index >= 15 is 0 Å². The van der Waals surface area contributed by atoms with Gasteiger partial charge in [-0.15, -0.1) is 0 Å². The van der Waals surface area contributed by atoms with Crippen molar-refractivity contribution in [2.45, 2.75) is 17.9 Å². The number of aliphatic hydroxyl groups is 3. The molecule has 3 heterocycles. The molecular formula is C11H15N5O5. The lowest BCUT2D eigenvalue weighted by atomic mass is 10.1. The molecule has 3 atom stereocenters. The first-order valence-electron chi connectivity index (χ1n) is 6.19. The molecule has 2 aromatic heterocycles. The van der Waals surface area contributed by atoms with Crippen LogP contribution in [0.5, 0.6) is 5.88 Å². The number of imidazole rings is 1. The van der Waals surface area contributed by atoms with Crippen molar-refractivity contribution in [3.63, 3.8) is 0 Å². The summed E-state index contributed by atoms with van der Waals surface area (Å²) in [6.07, 6.45) is -0.955. The van der Waals surface area contributed by atoms with Gasteiger partial charge in [-0.1, -0.05) is 0 Å². The first-order valence-corrected chi connectivity index (χ1v) is 6.19. The van der Waals surface area contributed by atoms with Crippen LogP contribution in [0.25, 0.3) is 11.2 Å². The lowest BCUT2D eigenvalue weighted by molar-refractivity contribution is -0.110. The molecule has 1 saturated heterocycles. The summed E-state index contributed by atoms with van der Waals surface area (Å²) >= 11 is 0. The molecule has 5 N–H and O–H groups in total. The average molecular weight is 297 g/mol. The van der Waals surface area contributed by atoms with Gasteiger partial charge in [0.05, 0.1) is 26.7 Å². The lowest BCUT2D eigenvalue weighted by Crippen LogP contribution is -2.46. The van der Waals surface area contributed by atoms with Crippen LogP contribution < -0.4 is 10.5 Å². The van der Waals surface area contributed by atoms with E-state index in [-0.39, 0.29) is 24.1 Å². The van der Waals surface area contributed by atoms with Crippen molar-refractivity contribution < 1.29 is 24.8 Å². The first kappa shape index (κ1) is 13.9. The van der Waals surface area contributed by atoms with E-state index in [9.17, 15) is 10.2 Å². The van der Waals surface area contributed by atoms with E-state index in [1.54, 1.807) is 0 Å². The molecule has 2 aromatic rings. The van der Waals surface area contributed by atoms with Gasteiger partial charge in [-0.2, -0.15) is 9.97 Å². The van der Waals surface area contributed by atoms with Crippen LogP contribution >= 0.6 is 0 Å². The Morgan fingerprint density at radius 3 is 2.95 bits per heavy atom. The van der Waals surface area contributed by atoms with Crippen LogP contribution in [0.3, 0.4) is 0 Å². The Morgan fingerprint density at radius 1 is 1.57 bits per heavy atom. The second kappa shape index (κ2) is 4.77. The summed E-state index contributed by atoms with van der Waals surface area (Å²) in [6.45, 7) is -0.645. The Balaban J connectivity index is 2.15. The van der Waals surface area contributed by atoms with Gasteiger partial charge in [-0.25, -0.2) is 4.98 Å². The number of anilines is 1. The number of nitrogens with two attached hydrogens (primary N) is 1. The number of aliphatic hydroxyl groups excluding tert-OH is 2. The summed E-state index contributed by atoms with van der Waals surface area (Å²) in [7, 11) is 1.41. The standard InChI is InChI=1S/C11H15N5O5/c1-20-9-6-8(14-10(12)15-9)16(4-13-6)11(19)3-21-5(2-17)7(11)18/h4-5,7,17-19H,2-3H2,1H3,(H2,12,14,15). The quantitative estimate of drug-likeness (QED) is 0.495. The molecule has 1 aliphatic heterocycles. The van der Waals surface area contributed by atoms with Crippen LogP contribution in [0.4, 0.5) is 5.95 Å². The van der Waals surface area contributed by atoms with Gasteiger partial charge in [0.2, 0.25) is 11.8 Å². The van der Waals surface area contributed by atoms with Crippen LogP contribution in [0, 0.1) is 0 Å². The van der Waals surface area contributed by atoms with Crippen molar-refractivity contribution in [3.05, 3.63) is 6.33 Å². The molecule has 0 spiro atoms. The van der Waals surface area contributed by atoms with E-state index in [1.165, 1.54) is 18.0 Å². The van der Waals surface area contributed by atoms with Gasteiger partial charge in [0.25, 0.3) is 0 Å². The number of nitrogens with zero attached hydrogens (tertiary/aromatic N) is 4. The molecule has 21 heavy (non-hydrogen) atoms. The summed E-state index contributed by atoms with van der Waals surface area (Å²) in [5.74, 6) is 0.101. The highest BCUT2D eigenvalue weighted by molar-refractivity contribution is 5.77. The Morgan fingerprint density at radius 2 is 2.33 bits per heavy atom. The molecule has 3 unspecified atom stereocenters. The van der Waals surface area contributed by atoms with E-state index in [2.05, 4.69) is 15.0 Å². The Bertz CT molecular complexity index is 676. The average Bonchev–Trinajstić information content (AvgIpc) is 3.01. The van der Waals surface area contributed by atoms with Crippen molar-refractivity contribution in [1.29, 1.82) is 0 Å². The second-order valence-electron chi connectivity index (χ2n) is 4.73. The number of fused-ring (bicyclic) bond motifs is 1. The monoisotopic (exact) mass is 297 g/mol. The van der Waals surface area contributed by atoms with Gasteiger partial charge >= 0.3 is 0 Å². The van der Waals surface area contributed by atoms with Crippen LogP contribution in [-0.2, 0) is 10.5 Å². The van der Waals surface area contributed by atoms with Crippen molar-refractivity contribution in [1.82, 2.24) is 19.5 Å². The topological polar surface area (TPSA) is 149 Å². The van der Waals surface area contributed by atoms with Crippen LogP contribution in [-0.4, -0.2) is 67.4 Å². The van der Waals surface area contributed by atoms with E-state index in [0.29, 0.717) is 5.52 Å². The minimum atomic E-state index is -1.81. The second-order valence-corrected chi connectivity index (χ2v) is 4.73. The molecule has 1 fully saturated rings. The van der Waals surface area contributed by atoms with E-state index in [4.69, 9.17) is 20.3 Å². The molecule has 0 radical (unpaired) electrons. The fourth-order valence-corrected chi connectivity index (χ4v) is 2.38. The number of aromatic nitrogens is 4. The number of rotatable bonds is 3. The largest absolute Gasteiger partial charge is 0.479 e. The number of hydrogen-bond acceptors (Lipinski definition) is 9. The molecule has 0 aromatic carbocycles. The fraction of sp³-hybridized carbons (Fsp3) is 0.545.